The number of esters is 1. The van der Waals surface area contributed by atoms with Gasteiger partial charge in [-0.15, -0.1) is 0 Å². The number of imidazole rings is 1. The summed E-state index contributed by atoms with van der Waals surface area (Å²) in [6.07, 6.45) is 4.60. The molecular formula is C22H21N3O2. The zero-order valence-electron chi connectivity index (χ0n) is 15.7. The first-order valence-electron chi connectivity index (χ1n) is 9.07. The lowest BCUT2D eigenvalue weighted by Gasteiger charge is -2.12. The quantitative estimate of drug-likeness (QED) is 0.506. The van der Waals surface area contributed by atoms with Crippen molar-refractivity contribution in [3.63, 3.8) is 0 Å². The number of para-hydroxylation sites is 1. The number of fused-ring (bicyclic) bond motifs is 2. The van der Waals surface area contributed by atoms with Crippen LogP contribution in [-0.2, 0) is 17.8 Å². The predicted molar refractivity (Wildman–Crippen MR) is 105 cm³/mol. The van der Waals surface area contributed by atoms with E-state index in [1.54, 1.807) is 0 Å². The lowest BCUT2D eigenvalue weighted by Crippen LogP contribution is -2.11. The van der Waals surface area contributed by atoms with Gasteiger partial charge < -0.3 is 9.14 Å². The van der Waals surface area contributed by atoms with Gasteiger partial charge in [0, 0.05) is 23.5 Å². The van der Waals surface area contributed by atoms with E-state index >= 15 is 0 Å². The van der Waals surface area contributed by atoms with Gasteiger partial charge in [0.1, 0.15) is 12.3 Å². The molecule has 0 saturated carbocycles. The minimum absolute atomic E-state index is 0.136. The van der Waals surface area contributed by atoms with Crippen molar-refractivity contribution < 1.29 is 9.53 Å². The molecule has 3 heterocycles. The highest BCUT2D eigenvalue weighted by atomic mass is 16.5. The van der Waals surface area contributed by atoms with Gasteiger partial charge in [0.05, 0.1) is 16.8 Å². The highest BCUT2D eigenvalue weighted by molar-refractivity contribution is 6.05. The number of hydrogen-bond donors (Lipinski definition) is 0. The van der Waals surface area contributed by atoms with Crippen molar-refractivity contribution >= 4 is 22.5 Å². The molecule has 0 amide bonds. The second-order valence-corrected chi connectivity index (χ2v) is 6.66. The molecule has 0 saturated heterocycles. The Morgan fingerprint density at radius 3 is 2.70 bits per heavy atom. The molecular weight excluding hydrogens is 338 g/mol. The molecule has 0 bridgehead atoms. The van der Waals surface area contributed by atoms with Gasteiger partial charge in [-0.3, -0.25) is 4.98 Å². The van der Waals surface area contributed by atoms with Crippen LogP contribution < -0.4 is 0 Å². The fourth-order valence-electron chi connectivity index (χ4n) is 3.45. The molecule has 4 rings (SSSR count). The zero-order valence-corrected chi connectivity index (χ0v) is 15.7. The second kappa shape index (κ2) is 6.83. The fraction of sp³-hybridized carbons (Fsp3) is 0.227. The van der Waals surface area contributed by atoms with E-state index in [0.717, 1.165) is 45.5 Å². The third-order valence-corrected chi connectivity index (χ3v) is 4.85. The Morgan fingerprint density at radius 2 is 1.93 bits per heavy atom. The maximum Gasteiger partial charge on any atom is 0.339 e. The van der Waals surface area contributed by atoms with Gasteiger partial charge in [-0.25, -0.2) is 9.78 Å². The highest BCUT2D eigenvalue weighted by Crippen LogP contribution is 2.24. The first-order valence-corrected chi connectivity index (χ1v) is 9.07. The number of nitrogens with zero attached hydrogens (tertiary/aromatic N) is 3. The Hall–Kier alpha value is -3.21. The van der Waals surface area contributed by atoms with Crippen LogP contribution in [0, 0.1) is 13.8 Å². The van der Waals surface area contributed by atoms with Crippen LogP contribution in [0.1, 0.15) is 39.8 Å². The van der Waals surface area contributed by atoms with E-state index in [1.807, 2.05) is 74.0 Å². The largest absolute Gasteiger partial charge is 0.455 e. The van der Waals surface area contributed by atoms with Crippen molar-refractivity contribution in [2.45, 2.75) is 33.8 Å². The SMILES string of the molecule is CCc1nc2ccccc2c(C(=O)OCc2cn3cccc(C)c3n2)c1C. The van der Waals surface area contributed by atoms with Crippen molar-refractivity contribution in [2.24, 2.45) is 0 Å². The van der Waals surface area contributed by atoms with Gasteiger partial charge in [0.25, 0.3) is 0 Å². The van der Waals surface area contributed by atoms with E-state index in [4.69, 9.17) is 4.74 Å². The number of carbonyl (C=O) groups is 1. The number of ether oxygens (including phenoxy) is 1. The Kier molecular flexibility index (Phi) is 4.36. The molecule has 136 valence electrons. The van der Waals surface area contributed by atoms with Crippen LogP contribution in [0.4, 0.5) is 0 Å². The van der Waals surface area contributed by atoms with E-state index < -0.39 is 0 Å². The summed E-state index contributed by atoms with van der Waals surface area (Å²) in [5, 5.41) is 0.822. The smallest absolute Gasteiger partial charge is 0.339 e. The summed E-state index contributed by atoms with van der Waals surface area (Å²) in [4.78, 5) is 22.2. The molecule has 0 aliphatic rings. The number of benzene rings is 1. The van der Waals surface area contributed by atoms with E-state index in [2.05, 4.69) is 9.97 Å². The number of pyridine rings is 2. The van der Waals surface area contributed by atoms with E-state index in [0.29, 0.717) is 5.56 Å². The number of aromatic nitrogens is 3. The fourth-order valence-corrected chi connectivity index (χ4v) is 3.45. The van der Waals surface area contributed by atoms with Crippen molar-refractivity contribution in [3.8, 4) is 0 Å². The first kappa shape index (κ1) is 17.2. The van der Waals surface area contributed by atoms with Crippen molar-refractivity contribution in [1.29, 1.82) is 0 Å². The Balaban J connectivity index is 1.66. The van der Waals surface area contributed by atoms with E-state index in [1.165, 1.54) is 0 Å². The average Bonchev–Trinajstić information content (AvgIpc) is 3.10. The average molecular weight is 359 g/mol. The molecule has 0 atom stereocenters. The topological polar surface area (TPSA) is 56.5 Å². The lowest BCUT2D eigenvalue weighted by molar-refractivity contribution is 0.0469. The number of hydrogen-bond acceptors (Lipinski definition) is 4. The zero-order chi connectivity index (χ0) is 19.0. The monoisotopic (exact) mass is 359 g/mol. The van der Waals surface area contributed by atoms with Crippen LogP contribution in [0.3, 0.4) is 0 Å². The van der Waals surface area contributed by atoms with Gasteiger partial charge >= 0.3 is 5.97 Å². The van der Waals surface area contributed by atoms with E-state index in [9.17, 15) is 4.79 Å². The molecule has 5 heteroatoms. The molecule has 5 nitrogen and oxygen atoms in total. The second-order valence-electron chi connectivity index (χ2n) is 6.66. The molecule has 3 aromatic heterocycles. The summed E-state index contributed by atoms with van der Waals surface area (Å²) in [7, 11) is 0. The molecule has 0 fully saturated rings. The number of rotatable bonds is 4. The molecule has 0 unspecified atom stereocenters. The molecule has 0 aliphatic heterocycles. The van der Waals surface area contributed by atoms with Gasteiger partial charge in [0.2, 0.25) is 0 Å². The van der Waals surface area contributed by atoms with Crippen LogP contribution in [0.5, 0.6) is 0 Å². The third kappa shape index (κ3) is 3.05. The minimum Gasteiger partial charge on any atom is -0.455 e. The van der Waals surface area contributed by atoms with Crippen molar-refractivity contribution in [3.05, 3.63) is 76.9 Å². The molecule has 0 spiro atoms. The van der Waals surface area contributed by atoms with Crippen molar-refractivity contribution in [1.82, 2.24) is 14.4 Å². The van der Waals surface area contributed by atoms with Crippen LogP contribution in [0.15, 0.2) is 48.8 Å². The summed E-state index contributed by atoms with van der Waals surface area (Å²) >= 11 is 0. The van der Waals surface area contributed by atoms with Crippen molar-refractivity contribution in [2.75, 3.05) is 0 Å². The molecule has 27 heavy (non-hydrogen) atoms. The summed E-state index contributed by atoms with van der Waals surface area (Å²) in [6.45, 7) is 6.12. The summed E-state index contributed by atoms with van der Waals surface area (Å²) in [5.74, 6) is -0.338. The van der Waals surface area contributed by atoms with Gasteiger partial charge in [-0.05, 0) is 43.5 Å². The normalized spacial score (nSPS) is 11.2. The molecule has 4 aromatic rings. The van der Waals surface area contributed by atoms with Gasteiger partial charge in [-0.1, -0.05) is 31.2 Å². The first-order chi connectivity index (χ1) is 13.1. The summed E-state index contributed by atoms with van der Waals surface area (Å²) in [5.41, 5.74) is 5.90. The molecule has 1 aromatic carbocycles. The third-order valence-electron chi connectivity index (χ3n) is 4.85. The maximum atomic E-state index is 12.9. The van der Waals surface area contributed by atoms with Crippen LogP contribution in [-0.4, -0.2) is 20.3 Å². The summed E-state index contributed by atoms with van der Waals surface area (Å²) < 4.78 is 7.57. The Bertz CT molecular complexity index is 1160. The van der Waals surface area contributed by atoms with Crippen LogP contribution in [0.25, 0.3) is 16.6 Å². The number of carbonyl (C=O) groups excluding carboxylic acids is 1. The minimum atomic E-state index is -0.338. The van der Waals surface area contributed by atoms with Crippen LogP contribution in [0.2, 0.25) is 0 Å². The summed E-state index contributed by atoms with van der Waals surface area (Å²) in [6, 6.07) is 11.7. The Labute approximate surface area is 157 Å². The van der Waals surface area contributed by atoms with Gasteiger partial charge in [0.15, 0.2) is 0 Å². The predicted octanol–water partition coefficient (Wildman–Crippen LogP) is 4.42. The standard InChI is InChI=1S/C22H21N3O2/c1-4-18-15(3)20(17-9-5-6-10-19(17)24-18)22(26)27-13-16-12-25-11-7-8-14(2)21(25)23-16/h5-12H,4,13H2,1-3H3. The molecule has 0 aliphatic carbocycles. The maximum absolute atomic E-state index is 12.9. The molecule has 0 N–H and O–H groups in total. The van der Waals surface area contributed by atoms with E-state index in [-0.39, 0.29) is 12.6 Å². The highest BCUT2D eigenvalue weighted by Gasteiger charge is 2.19. The van der Waals surface area contributed by atoms with Gasteiger partial charge in [-0.2, -0.15) is 0 Å². The molecule has 0 radical (unpaired) electrons. The van der Waals surface area contributed by atoms with Crippen LogP contribution >= 0.6 is 0 Å². The Morgan fingerprint density at radius 1 is 1.11 bits per heavy atom. The number of aryl methyl sites for hydroxylation is 2. The lowest BCUT2D eigenvalue weighted by atomic mass is 10.0.